The lowest BCUT2D eigenvalue weighted by atomic mass is 10.1. The zero-order valence-electron chi connectivity index (χ0n) is 11.9. The number of hydrogen-bond acceptors (Lipinski definition) is 4. The van der Waals surface area contributed by atoms with Gasteiger partial charge in [-0.15, -0.1) is 0 Å². The van der Waals surface area contributed by atoms with Crippen LogP contribution in [-0.4, -0.2) is 24.2 Å². The molecule has 1 aromatic heterocycles. The van der Waals surface area contributed by atoms with Crippen molar-refractivity contribution in [3.63, 3.8) is 0 Å². The maximum atomic E-state index is 11.9. The molecule has 0 bridgehead atoms. The van der Waals surface area contributed by atoms with Gasteiger partial charge in [0, 0.05) is 12.7 Å². The van der Waals surface area contributed by atoms with Crippen LogP contribution in [-0.2, 0) is 16.1 Å². The number of ether oxygens (including phenoxy) is 2. The van der Waals surface area contributed by atoms with Crippen molar-refractivity contribution in [1.29, 1.82) is 0 Å². The maximum absolute atomic E-state index is 11.9. The highest BCUT2D eigenvalue weighted by molar-refractivity contribution is 5.88. The van der Waals surface area contributed by atoms with E-state index in [9.17, 15) is 4.79 Å². The molecular formula is C17H17NO3. The Morgan fingerprint density at radius 2 is 1.95 bits per heavy atom. The monoisotopic (exact) mass is 283 g/mol. The molecule has 0 amide bonds. The predicted octanol–water partition coefficient (Wildman–Crippen LogP) is 3.21. The number of benzene rings is 1. The van der Waals surface area contributed by atoms with Crippen molar-refractivity contribution in [2.45, 2.75) is 25.6 Å². The van der Waals surface area contributed by atoms with Crippen LogP contribution in [0.5, 0.6) is 0 Å². The van der Waals surface area contributed by atoms with E-state index in [4.69, 9.17) is 9.47 Å². The van der Waals surface area contributed by atoms with Crippen LogP contribution in [0.3, 0.4) is 0 Å². The van der Waals surface area contributed by atoms with Crippen molar-refractivity contribution in [3.05, 3.63) is 53.7 Å². The van der Waals surface area contributed by atoms with Crippen LogP contribution in [0.4, 0.5) is 0 Å². The first-order valence-corrected chi connectivity index (χ1v) is 7.02. The van der Waals surface area contributed by atoms with Gasteiger partial charge in [-0.05, 0) is 30.5 Å². The van der Waals surface area contributed by atoms with Crippen LogP contribution < -0.4 is 0 Å². The highest BCUT2D eigenvalue weighted by atomic mass is 16.5. The number of hydrogen-bond donors (Lipinski definition) is 0. The molecule has 0 atom stereocenters. The molecule has 0 unspecified atom stereocenters. The van der Waals surface area contributed by atoms with E-state index in [2.05, 4.69) is 4.98 Å². The summed E-state index contributed by atoms with van der Waals surface area (Å²) in [5.74, 6) is -0.338. The molecule has 1 fully saturated rings. The molecule has 1 saturated carbocycles. The summed E-state index contributed by atoms with van der Waals surface area (Å²) in [7, 11) is 1.67. The molecule has 0 N–H and O–H groups in total. The lowest BCUT2D eigenvalue weighted by Crippen LogP contribution is -2.09. The summed E-state index contributed by atoms with van der Waals surface area (Å²) in [6.07, 6.45) is 2.02. The largest absolute Gasteiger partial charge is 0.458 e. The predicted molar refractivity (Wildman–Crippen MR) is 78.8 cm³/mol. The SMILES string of the molecule is COCc1ccc(-c2cccc(C(=O)OC3CC3)n2)cc1. The van der Waals surface area contributed by atoms with Gasteiger partial charge < -0.3 is 9.47 Å². The van der Waals surface area contributed by atoms with Gasteiger partial charge in [0.15, 0.2) is 0 Å². The number of pyridine rings is 1. The fourth-order valence-corrected chi connectivity index (χ4v) is 2.05. The molecule has 1 aromatic carbocycles. The van der Waals surface area contributed by atoms with Gasteiger partial charge in [-0.3, -0.25) is 0 Å². The summed E-state index contributed by atoms with van der Waals surface area (Å²) in [5.41, 5.74) is 3.20. The zero-order valence-corrected chi connectivity index (χ0v) is 11.9. The number of carbonyl (C=O) groups is 1. The Labute approximate surface area is 123 Å². The Morgan fingerprint density at radius 3 is 2.62 bits per heavy atom. The van der Waals surface area contributed by atoms with Crippen molar-refractivity contribution in [3.8, 4) is 11.3 Å². The van der Waals surface area contributed by atoms with Gasteiger partial charge in [0.25, 0.3) is 0 Å². The molecule has 0 spiro atoms. The fraction of sp³-hybridized carbons (Fsp3) is 0.294. The van der Waals surface area contributed by atoms with Crippen LogP contribution >= 0.6 is 0 Å². The van der Waals surface area contributed by atoms with Crippen molar-refractivity contribution < 1.29 is 14.3 Å². The van der Waals surface area contributed by atoms with E-state index >= 15 is 0 Å². The van der Waals surface area contributed by atoms with Crippen molar-refractivity contribution in [1.82, 2.24) is 4.98 Å². The lowest BCUT2D eigenvalue weighted by Gasteiger charge is -2.06. The molecule has 21 heavy (non-hydrogen) atoms. The maximum Gasteiger partial charge on any atom is 0.357 e. The number of methoxy groups -OCH3 is 1. The first-order chi connectivity index (χ1) is 10.3. The highest BCUT2D eigenvalue weighted by Crippen LogP contribution is 2.25. The molecule has 4 nitrogen and oxygen atoms in total. The van der Waals surface area contributed by atoms with Gasteiger partial charge in [0.1, 0.15) is 11.8 Å². The molecule has 4 heteroatoms. The molecule has 2 aromatic rings. The van der Waals surface area contributed by atoms with Gasteiger partial charge in [0.2, 0.25) is 0 Å². The molecule has 1 heterocycles. The van der Waals surface area contributed by atoms with E-state index in [0.29, 0.717) is 12.3 Å². The second kappa shape index (κ2) is 6.06. The molecule has 1 aliphatic carbocycles. The molecule has 108 valence electrons. The van der Waals surface area contributed by atoms with Crippen LogP contribution in [0, 0.1) is 0 Å². The third kappa shape index (κ3) is 3.47. The Hall–Kier alpha value is -2.20. The standard InChI is InChI=1S/C17H17NO3/c1-20-11-12-5-7-13(8-6-12)15-3-2-4-16(18-15)17(19)21-14-9-10-14/h2-8,14H,9-11H2,1H3. The first kappa shape index (κ1) is 13.8. The highest BCUT2D eigenvalue weighted by Gasteiger charge is 2.27. The van der Waals surface area contributed by atoms with Crippen molar-refractivity contribution in [2.24, 2.45) is 0 Å². The Bertz CT molecular complexity index is 633. The van der Waals surface area contributed by atoms with E-state index in [-0.39, 0.29) is 12.1 Å². The van der Waals surface area contributed by atoms with E-state index in [1.165, 1.54) is 0 Å². The smallest absolute Gasteiger partial charge is 0.357 e. The third-order valence-corrected chi connectivity index (χ3v) is 3.32. The van der Waals surface area contributed by atoms with Crippen molar-refractivity contribution >= 4 is 5.97 Å². The van der Waals surface area contributed by atoms with Gasteiger partial charge in [-0.25, -0.2) is 9.78 Å². The summed E-state index contributed by atoms with van der Waals surface area (Å²) in [5, 5.41) is 0. The average molecular weight is 283 g/mol. The van der Waals surface area contributed by atoms with Gasteiger partial charge in [0.05, 0.1) is 12.3 Å². The molecule has 3 rings (SSSR count). The summed E-state index contributed by atoms with van der Waals surface area (Å²) in [4.78, 5) is 16.3. The molecule has 0 aliphatic heterocycles. The average Bonchev–Trinajstić information content (AvgIpc) is 3.32. The number of nitrogens with zero attached hydrogens (tertiary/aromatic N) is 1. The van der Waals surface area contributed by atoms with E-state index in [1.807, 2.05) is 36.4 Å². The van der Waals surface area contributed by atoms with E-state index < -0.39 is 0 Å². The summed E-state index contributed by atoms with van der Waals surface area (Å²) in [6, 6.07) is 13.4. The van der Waals surface area contributed by atoms with E-state index in [1.54, 1.807) is 13.2 Å². The molecular weight excluding hydrogens is 266 g/mol. The third-order valence-electron chi connectivity index (χ3n) is 3.32. The number of aromatic nitrogens is 1. The fourth-order valence-electron chi connectivity index (χ4n) is 2.05. The molecule has 0 radical (unpaired) electrons. The Morgan fingerprint density at radius 1 is 1.19 bits per heavy atom. The lowest BCUT2D eigenvalue weighted by molar-refractivity contribution is 0.0465. The first-order valence-electron chi connectivity index (χ1n) is 7.02. The number of rotatable bonds is 5. The second-order valence-corrected chi connectivity index (χ2v) is 5.14. The Balaban J connectivity index is 1.79. The summed E-state index contributed by atoms with van der Waals surface area (Å²) < 4.78 is 10.4. The van der Waals surface area contributed by atoms with Crippen LogP contribution in [0.1, 0.15) is 28.9 Å². The van der Waals surface area contributed by atoms with Crippen LogP contribution in [0.2, 0.25) is 0 Å². The number of esters is 1. The normalized spacial score (nSPS) is 14.0. The van der Waals surface area contributed by atoms with Crippen LogP contribution in [0.25, 0.3) is 11.3 Å². The zero-order chi connectivity index (χ0) is 14.7. The Kier molecular flexibility index (Phi) is 3.97. The summed E-state index contributed by atoms with van der Waals surface area (Å²) >= 11 is 0. The van der Waals surface area contributed by atoms with E-state index in [0.717, 1.165) is 29.7 Å². The summed E-state index contributed by atoms with van der Waals surface area (Å²) in [6.45, 7) is 0.585. The molecule has 1 aliphatic rings. The van der Waals surface area contributed by atoms with Crippen LogP contribution in [0.15, 0.2) is 42.5 Å². The minimum absolute atomic E-state index is 0.0938. The molecule has 0 saturated heterocycles. The van der Waals surface area contributed by atoms with Gasteiger partial charge in [-0.2, -0.15) is 0 Å². The minimum Gasteiger partial charge on any atom is -0.458 e. The topological polar surface area (TPSA) is 48.4 Å². The second-order valence-electron chi connectivity index (χ2n) is 5.14. The quantitative estimate of drug-likeness (QED) is 0.791. The van der Waals surface area contributed by atoms with Crippen molar-refractivity contribution in [2.75, 3.05) is 7.11 Å². The minimum atomic E-state index is -0.338. The van der Waals surface area contributed by atoms with Gasteiger partial charge >= 0.3 is 5.97 Å². The van der Waals surface area contributed by atoms with Gasteiger partial charge in [-0.1, -0.05) is 30.3 Å². The number of carbonyl (C=O) groups excluding carboxylic acids is 1.